The van der Waals surface area contributed by atoms with E-state index in [-0.39, 0.29) is 17.4 Å². The Bertz CT molecular complexity index is 441. The van der Waals surface area contributed by atoms with E-state index in [0.29, 0.717) is 11.1 Å². The molecular formula is C12H12Cl2O3. The molecule has 0 aromatic heterocycles. The fourth-order valence-corrected chi connectivity index (χ4v) is 1.66. The Labute approximate surface area is 110 Å². The molecule has 0 saturated heterocycles. The summed E-state index contributed by atoms with van der Waals surface area (Å²) in [6.07, 6.45) is 0. The number of carbonyl (C=O) groups is 2. The minimum atomic E-state index is -0.652. The average Bonchev–Trinajstić information content (AvgIpc) is 2.28. The van der Waals surface area contributed by atoms with Gasteiger partial charge in [-0.3, -0.25) is 4.79 Å². The fourth-order valence-electron chi connectivity index (χ4n) is 1.27. The van der Waals surface area contributed by atoms with Crippen molar-refractivity contribution in [3.05, 3.63) is 34.3 Å². The second-order valence-corrected chi connectivity index (χ2v) is 4.46. The number of carbonyl (C=O) groups excluding carboxylic acids is 2. The summed E-state index contributed by atoms with van der Waals surface area (Å²) >= 11 is 11.6. The van der Waals surface area contributed by atoms with E-state index in [1.165, 1.54) is 18.2 Å². The highest BCUT2D eigenvalue weighted by Gasteiger charge is 2.17. The quantitative estimate of drug-likeness (QED) is 0.481. The minimum Gasteiger partial charge on any atom is -0.462 e. The average molecular weight is 275 g/mol. The lowest BCUT2D eigenvalue weighted by molar-refractivity contribution is 0.0526. The van der Waals surface area contributed by atoms with E-state index >= 15 is 0 Å². The number of Topliss-reactive ketones (excluding diaryl/α,β-unsaturated/α-hetero) is 1. The molecule has 0 aliphatic heterocycles. The van der Waals surface area contributed by atoms with Gasteiger partial charge in [-0.25, -0.2) is 4.79 Å². The van der Waals surface area contributed by atoms with E-state index in [4.69, 9.17) is 27.9 Å². The summed E-state index contributed by atoms with van der Waals surface area (Å²) in [6.45, 7) is 3.57. The Kier molecular flexibility index (Phi) is 4.97. The van der Waals surface area contributed by atoms with Crippen molar-refractivity contribution in [2.45, 2.75) is 19.2 Å². The summed E-state index contributed by atoms with van der Waals surface area (Å²) in [5.41, 5.74) is 0.623. The Morgan fingerprint density at radius 2 is 2.06 bits per heavy atom. The molecule has 1 aromatic rings. The van der Waals surface area contributed by atoms with Crippen LogP contribution in [-0.2, 0) is 4.74 Å². The predicted molar refractivity (Wildman–Crippen MR) is 67.1 cm³/mol. The largest absolute Gasteiger partial charge is 0.462 e. The second kappa shape index (κ2) is 6.03. The normalized spacial score (nSPS) is 12.0. The van der Waals surface area contributed by atoms with E-state index in [0.717, 1.165) is 0 Å². The van der Waals surface area contributed by atoms with Crippen molar-refractivity contribution < 1.29 is 14.3 Å². The third-order valence-corrected chi connectivity index (χ3v) is 2.62. The maximum atomic E-state index is 11.6. The van der Waals surface area contributed by atoms with Crippen LogP contribution in [0.4, 0.5) is 0 Å². The fraction of sp³-hybridized carbons (Fsp3) is 0.333. The SMILES string of the molecule is CCOC(=O)c1ccc(C(=O)C(C)Cl)c(Cl)c1. The first kappa shape index (κ1) is 14.0. The third kappa shape index (κ3) is 3.45. The van der Waals surface area contributed by atoms with Crippen molar-refractivity contribution in [3.8, 4) is 0 Å². The van der Waals surface area contributed by atoms with Crippen molar-refractivity contribution in [1.29, 1.82) is 0 Å². The van der Waals surface area contributed by atoms with Gasteiger partial charge in [0.2, 0.25) is 0 Å². The van der Waals surface area contributed by atoms with Crippen LogP contribution in [0.2, 0.25) is 5.02 Å². The van der Waals surface area contributed by atoms with E-state index in [1.807, 2.05) is 0 Å². The second-order valence-electron chi connectivity index (χ2n) is 3.40. The maximum Gasteiger partial charge on any atom is 0.338 e. The third-order valence-electron chi connectivity index (χ3n) is 2.11. The predicted octanol–water partition coefficient (Wildman–Crippen LogP) is 3.33. The molecule has 1 unspecified atom stereocenters. The molecule has 1 rings (SSSR count). The highest BCUT2D eigenvalue weighted by Crippen LogP contribution is 2.21. The van der Waals surface area contributed by atoms with Gasteiger partial charge in [-0.05, 0) is 32.0 Å². The zero-order valence-corrected chi connectivity index (χ0v) is 11.0. The molecule has 0 aliphatic carbocycles. The van der Waals surface area contributed by atoms with E-state index < -0.39 is 11.3 Å². The molecule has 0 spiro atoms. The van der Waals surface area contributed by atoms with Gasteiger partial charge in [0.15, 0.2) is 5.78 Å². The molecule has 0 amide bonds. The number of halogens is 2. The lowest BCUT2D eigenvalue weighted by atomic mass is 10.1. The number of ether oxygens (including phenoxy) is 1. The van der Waals surface area contributed by atoms with Crippen molar-refractivity contribution in [1.82, 2.24) is 0 Å². The molecule has 5 heteroatoms. The molecule has 0 aliphatic rings. The number of rotatable bonds is 4. The zero-order valence-electron chi connectivity index (χ0n) is 9.50. The topological polar surface area (TPSA) is 43.4 Å². The summed E-state index contributed by atoms with van der Waals surface area (Å²) in [7, 11) is 0. The van der Waals surface area contributed by atoms with Gasteiger partial charge in [-0.2, -0.15) is 0 Å². The van der Waals surface area contributed by atoms with Crippen LogP contribution < -0.4 is 0 Å². The van der Waals surface area contributed by atoms with Crippen molar-refractivity contribution in [2.24, 2.45) is 0 Å². The van der Waals surface area contributed by atoms with Gasteiger partial charge in [-0.15, -0.1) is 11.6 Å². The molecule has 1 aromatic carbocycles. The monoisotopic (exact) mass is 274 g/mol. The van der Waals surface area contributed by atoms with Crippen LogP contribution in [0.1, 0.15) is 34.6 Å². The highest BCUT2D eigenvalue weighted by atomic mass is 35.5. The smallest absolute Gasteiger partial charge is 0.338 e. The van der Waals surface area contributed by atoms with Crippen LogP contribution in [0.25, 0.3) is 0 Å². The van der Waals surface area contributed by atoms with E-state index in [9.17, 15) is 9.59 Å². The van der Waals surface area contributed by atoms with Gasteiger partial charge < -0.3 is 4.74 Å². The summed E-state index contributed by atoms with van der Waals surface area (Å²) in [5.74, 6) is -0.737. The van der Waals surface area contributed by atoms with Gasteiger partial charge in [0, 0.05) is 5.56 Å². The highest BCUT2D eigenvalue weighted by molar-refractivity contribution is 6.39. The molecule has 17 heavy (non-hydrogen) atoms. The van der Waals surface area contributed by atoms with Gasteiger partial charge in [-0.1, -0.05) is 11.6 Å². The number of esters is 1. The molecule has 1 atom stereocenters. The Hall–Kier alpha value is -1.06. The lowest BCUT2D eigenvalue weighted by Crippen LogP contribution is -2.12. The maximum absolute atomic E-state index is 11.6. The van der Waals surface area contributed by atoms with Gasteiger partial charge in [0.05, 0.1) is 22.6 Å². The van der Waals surface area contributed by atoms with E-state index in [2.05, 4.69) is 0 Å². The first-order valence-corrected chi connectivity index (χ1v) is 5.93. The van der Waals surface area contributed by atoms with Crippen LogP contribution in [-0.4, -0.2) is 23.7 Å². The standard InChI is InChI=1S/C12H12Cl2O3/c1-3-17-12(16)8-4-5-9(10(14)6-8)11(15)7(2)13/h4-7H,3H2,1-2H3. The van der Waals surface area contributed by atoms with Crippen molar-refractivity contribution in [3.63, 3.8) is 0 Å². The van der Waals surface area contributed by atoms with Crippen molar-refractivity contribution >= 4 is 35.0 Å². The van der Waals surface area contributed by atoms with Crippen LogP contribution in [0, 0.1) is 0 Å². The molecule has 0 bridgehead atoms. The molecular weight excluding hydrogens is 263 g/mol. The minimum absolute atomic E-state index is 0.202. The molecule has 0 radical (unpaired) electrons. The van der Waals surface area contributed by atoms with Crippen LogP contribution in [0.3, 0.4) is 0 Å². The molecule has 0 N–H and O–H groups in total. The molecule has 3 nitrogen and oxygen atoms in total. The Morgan fingerprint density at radius 3 is 2.53 bits per heavy atom. The van der Waals surface area contributed by atoms with Crippen molar-refractivity contribution in [2.75, 3.05) is 6.61 Å². The summed E-state index contributed by atoms with van der Waals surface area (Å²) < 4.78 is 4.82. The molecule has 0 fully saturated rings. The first-order valence-electron chi connectivity index (χ1n) is 5.12. The van der Waals surface area contributed by atoms with Gasteiger partial charge in [0.1, 0.15) is 0 Å². The first-order chi connectivity index (χ1) is 7.97. The molecule has 0 heterocycles. The summed E-state index contributed by atoms with van der Waals surface area (Å²) in [4.78, 5) is 23.1. The number of ketones is 1. The number of alkyl halides is 1. The van der Waals surface area contributed by atoms with Crippen LogP contribution in [0.15, 0.2) is 18.2 Å². The Balaban J connectivity index is 3.02. The molecule has 0 saturated carbocycles. The summed E-state index contributed by atoms with van der Waals surface area (Å²) in [6, 6.07) is 4.39. The number of benzene rings is 1. The number of hydrogen-bond acceptors (Lipinski definition) is 3. The van der Waals surface area contributed by atoms with Crippen LogP contribution >= 0.6 is 23.2 Å². The van der Waals surface area contributed by atoms with Gasteiger partial charge in [0.25, 0.3) is 0 Å². The van der Waals surface area contributed by atoms with Crippen LogP contribution in [0.5, 0.6) is 0 Å². The van der Waals surface area contributed by atoms with Gasteiger partial charge >= 0.3 is 5.97 Å². The van der Waals surface area contributed by atoms with E-state index in [1.54, 1.807) is 13.8 Å². The number of hydrogen-bond donors (Lipinski definition) is 0. The Morgan fingerprint density at radius 1 is 1.41 bits per heavy atom. The molecule has 92 valence electrons. The zero-order chi connectivity index (χ0) is 13.0. The summed E-state index contributed by atoms with van der Waals surface area (Å²) in [5, 5.41) is -0.450. The lowest BCUT2D eigenvalue weighted by Gasteiger charge is -2.07.